The van der Waals surface area contributed by atoms with Gasteiger partial charge in [-0.3, -0.25) is 0 Å². The Bertz CT molecular complexity index is 256. The lowest BCUT2D eigenvalue weighted by atomic mass is 10.1. The molecule has 0 radical (unpaired) electrons. The van der Waals surface area contributed by atoms with Crippen LogP contribution in [-0.4, -0.2) is 37.5 Å². The normalized spacial score (nSPS) is 11.6. The molecular weight excluding hydrogens is 354 g/mol. The smallest absolute Gasteiger partial charge is 0.183 e. The van der Waals surface area contributed by atoms with Crippen LogP contribution in [0.1, 0.15) is 124 Å². The van der Waals surface area contributed by atoms with E-state index >= 15 is 0 Å². The Balaban J connectivity index is 0. The Hall–Kier alpha value is 0.210. The summed E-state index contributed by atoms with van der Waals surface area (Å²) in [7, 11) is 0. The molecule has 166 valence electrons. The van der Waals surface area contributed by atoms with Crippen molar-refractivity contribution < 1.29 is 21.6 Å². The second-order valence-electron chi connectivity index (χ2n) is 8.44. The number of hydrogen-bond donors (Lipinski definition) is 0. The molecule has 0 saturated heterocycles. The topological polar surface area (TPSA) is 9.23 Å². The number of halogens is 1. The molecule has 0 amide bonds. The largest absolute Gasteiger partial charge is 1.00 e. The van der Waals surface area contributed by atoms with Crippen LogP contribution in [0.25, 0.3) is 0 Å². The molecule has 0 aliphatic rings. The van der Waals surface area contributed by atoms with Gasteiger partial charge in [0, 0.05) is 0 Å². The third kappa shape index (κ3) is 18.0. The molecule has 3 heteroatoms. The van der Waals surface area contributed by atoms with E-state index in [0.717, 1.165) is 13.3 Å². The van der Waals surface area contributed by atoms with Gasteiger partial charge in [-0.05, 0) is 25.7 Å². The van der Waals surface area contributed by atoms with Gasteiger partial charge in [-0.1, -0.05) is 98.3 Å². The van der Waals surface area contributed by atoms with Gasteiger partial charge in [-0.15, -0.1) is 0 Å². The molecule has 0 heterocycles. The lowest BCUT2D eigenvalue weighted by Gasteiger charge is -2.37. The predicted octanol–water partition coefficient (Wildman–Crippen LogP) is 4.71. The highest BCUT2D eigenvalue weighted by Crippen LogP contribution is 2.14. The minimum atomic E-state index is 0. The van der Waals surface area contributed by atoms with Gasteiger partial charge >= 0.3 is 0 Å². The van der Waals surface area contributed by atoms with Crippen LogP contribution in [0.15, 0.2) is 0 Å². The van der Waals surface area contributed by atoms with Crippen LogP contribution in [0.4, 0.5) is 0 Å². The van der Waals surface area contributed by atoms with E-state index in [-0.39, 0.29) is 12.4 Å². The van der Waals surface area contributed by atoms with Gasteiger partial charge in [0.1, 0.15) is 0 Å². The van der Waals surface area contributed by atoms with Crippen molar-refractivity contribution >= 4 is 0 Å². The molecule has 0 atom stereocenters. The maximum Gasteiger partial charge on any atom is 0.183 e. The molecular formula is C24H52ClNO. The van der Waals surface area contributed by atoms with Gasteiger partial charge < -0.3 is 21.6 Å². The summed E-state index contributed by atoms with van der Waals surface area (Å²) in [5.41, 5.74) is 0. The third-order valence-electron chi connectivity index (χ3n) is 5.60. The molecule has 0 spiro atoms. The lowest BCUT2D eigenvalue weighted by molar-refractivity contribution is -0.946. The average molecular weight is 406 g/mol. The molecule has 0 unspecified atom stereocenters. The first-order valence-corrected chi connectivity index (χ1v) is 12.2. The van der Waals surface area contributed by atoms with E-state index < -0.39 is 0 Å². The maximum absolute atomic E-state index is 6.12. The van der Waals surface area contributed by atoms with Crippen LogP contribution >= 0.6 is 0 Å². The number of hydrogen-bond acceptors (Lipinski definition) is 1. The monoisotopic (exact) mass is 405 g/mol. The summed E-state index contributed by atoms with van der Waals surface area (Å²) in [6.45, 7) is 15.0. The zero-order valence-electron chi connectivity index (χ0n) is 19.4. The van der Waals surface area contributed by atoms with Gasteiger partial charge in [0.05, 0.1) is 26.2 Å². The molecule has 0 aromatic heterocycles. The van der Waals surface area contributed by atoms with E-state index in [1.807, 2.05) is 0 Å². The number of rotatable bonds is 21. The summed E-state index contributed by atoms with van der Waals surface area (Å²) in [6, 6.07) is 0. The van der Waals surface area contributed by atoms with E-state index in [4.69, 9.17) is 4.74 Å². The first-order valence-electron chi connectivity index (χ1n) is 12.2. The van der Waals surface area contributed by atoms with E-state index in [0.29, 0.717) is 0 Å². The molecule has 2 nitrogen and oxygen atoms in total. The standard InChI is InChI=1S/C24H52NO.ClH/c1-5-9-10-11-12-13-14-15-16-17-18-19-23-26-24-25(20-6-2,21-7-3)22-8-4;/h5-24H2,1-4H3;1H/q+1;/p-1. The maximum atomic E-state index is 6.12. The van der Waals surface area contributed by atoms with E-state index in [1.165, 1.54) is 120 Å². The van der Waals surface area contributed by atoms with Gasteiger partial charge in [0.15, 0.2) is 6.73 Å². The summed E-state index contributed by atoms with van der Waals surface area (Å²) in [4.78, 5) is 0. The Morgan fingerprint density at radius 1 is 0.481 bits per heavy atom. The highest BCUT2D eigenvalue weighted by atomic mass is 35.5. The van der Waals surface area contributed by atoms with E-state index in [9.17, 15) is 0 Å². The van der Waals surface area contributed by atoms with Crippen molar-refractivity contribution in [1.82, 2.24) is 0 Å². The van der Waals surface area contributed by atoms with Crippen molar-refractivity contribution in [2.24, 2.45) is 0 Å². The van der Waals surface area contributed by atoms with Crippen molar-refractivity contribution in [1.29, 1.82) is 0 Å². The fraction of sp³-hybridized carbons (Fsp3) is 1.00. The summed E-state index contributed by atoms with van der Waals surface area (Å²) in [6.07, 6.45) is 20.7. The average Bonchev–Trinajstić information content (AvgIpc) is 2.63. The summed E-state index contributed by atoms with van der Waals surface area (Å²) < 4.78 is 7.30. The Kier molecular flexibility index (Phi) is 24.5. The second kappa shape index (κ2) is 22.5. The number of nitrogens with zero attached hydrogens (tertiary/aromatic N) is 1. The molecule has 0 aromatic carbocycles. The fourth-order valence-electron chi connectivity index (χ4n) is 4.26. The SMILES string of the molecule is CCCCCCCCCCCCCCOC[N+](CCC)(CCC)CCC.[Cl-]. The molecule has 0 aliphatic carbocycles. The fourth-order valence-corrected chi connectivity index (χ4v) is 4.26. The highest BCUT2D eigenvalue weighted by molar-refractivity contribution is 4.48. The molecule has 27 heavy (non-hydrogen) atoms. The molecule has 0 N–H and O–H groups in total. The minimum Gasteiger partial charge on any atom is -1.00 e. The molecule has 0 fully saturated rings. The van der Waals surface area contributed by atoms with Gasteiger partial charge in [0.25, 0.3) is 0 Å². The van der Waals surface area contributed by atoms with Crippen molar-refractivity contribution in [2.45, 2.75) is 124 Å². The van der Waals surface area contributed by atoms with Crippen LogP contribution in [0.2, 0.25) is 0 Å². The lowest BCUT2D eigenvalue weighted by Crippen LogP contribution is -3.00. The zero-order valence-corrected chi connectivity index (χ0v) is 20.1. The Morgan fingerprint density at radius 2 is 0.852 bits per heavy atom. The quantitative estimate of drug-likeness (QED) is 0.152. The Labute approximate surface area is 178 Å². The second-order valence-corrected chi connectivity index (χ2v) is 8.44. The first kappa shape index (κ1) is 29.4. The minimum absolute atomic E-state index is 0. The number of ether oxygens (including phenoxy) is 1. The first-order chi connectivity index (χ1) is 12.7. The van der Waals surface area contributed by atoms with Crippen LogP contribution in [-0.2, 0) is 4.74 Å². The van der Waals surface area contributed by atoms with Crippen molar-refractivity contribution in [3.8, 4) is 0 Å². The van der Waals surface area contributed by atoms with Gasteiger partial charge in [-0.2, -0.15) is 0 Å². The van der Waals surface area contributed by atoms with Crippen LogP contribution in [0.3, 0.4) is 0 Å². The summed E-state index contributed by atoms with van der Waals surface area (Å²) >= 11 is 0. The zero-order chi connectivity index (χ0) is 19.3. The predicted molar refractivity (Wildman–Crippen MR) is 118 cm³/mol. The van der Waals surface area contributed by atoms with Crippen molar-refractivity contribution in [3.63, 3.8) is 0 Å². The van der Waals surface area contributed by atoms with Gasteiger partial charge in [0.2, 0.25) is 0 Å². The molecule has 0 aromatic rings. The molecule has 0 bridgehead atoms. The highest BCUT2D eigenvalue weighted by Gasteiger charge is 2.24. The molecule has 0 aliphatic heterocycles. The molecule has 0 rings (SSSR count). The third-order valence-corrected chi connectivity index (χ3v) is 5.60. The van der Waals surface area contributed by atoms with E-state index in [1.54, 1.807) is 0 Å². The summed E-state index contributed by atoms with van der Waals surface area (Å²) in [5, 5.41) is 0. The van der Waals surface area contributed by atoms with E-state index in [2.05, 4.69) is 27.7 Å². The van der Waals surface area contributed by atoms with Crippen LogP contribution in [0, 0.1) is 0 Å². The number of quaternary nitrogens is 1. The van der Waals surface area contributed by atoms with Crippen molar-refractivity contribution in [3.05, 3.63) is 0 Å². The van der Waals surface area contributed by atoms with Gasteiger partial charge in [-0.25, -0.2) is 0 Å². The van der Waals surface area contributed by atoms with Crippen molar-refractivity contribution in [2.75, 3.05) is 33.0 Å². The molecule has 0 saturated carbocycles. The number of unbranched alkanes of at least 4 members (excludes halogenated alkanes) is 11. The Morgan fingerprint density at radius 3 is 1.22 bits per heavy atom. The van der Waals surface area contributed by atoms with Crippen LogP contribution in [0.5, 0.6) is 0 Å². The summed E-state index contributed by atoms with van der Waals surface area (Å²) in [5.74, 6) is 0. The van der Waals surface area contributed by atoms with Crippen LogP contribution < -0.4 is 12.4 Å².